The van der Waals surface area contributed by atoms with Crippen molar-refractivity contribution in [3.63, 3.8) is 0 Å². The van der Waals surface area contributed by atoms with E-state index in [9.17, 15) is 9.59 Å². The summed E-state index contributed by atoms with van der Waals surface area (Å²) in [5, 5.41) is 6.26. The van der Waals surface area contributed by atoms with Crippen molar-refractivity contribution < 1.29 is 9.59 Å². The summed E-state index contributed by atoms with van der Waals surface area (Å²) in [7, 11) is 0. The minimum absolute atomic E-state index is 0.000778. The van der Waals surface area contributed by atoms with Crippen LogP contribution in [0.4, 0.5) is 4.79 Å². The van der Waals surface area contributed by atoms with Crippen molar-refractivity contribution in [2.24, 2.45) is 5.41 Å². The number of urea groups is 1. The minimum Gasteiger partial charge on any atom is -0.351 e. The fourth-order valence-electron chi connectivity index (χ4n) is 4.21. The van der Waals surface area contributed by atoms with E-state index in [1.54, 1.807) is 0 Å². The van der Waals surface area contributed by atoms with Crippen LogP contribution in [0.25, 0.3) is 0 Å². The second-order valence-electron chi connectivity index (χ2n) is 8.54. The normalized spacial score (nSPS) is 23.7. The quantitative estimate of drug-likeness (QED) is 0.847. The third-order valence-electron chi connectivity index (χ3n) is 6.04. The second kappa shape index (κ2) is 8.77. The van der Waals surface area contributed by atoms with Crippen LogP contribution in [0.3, 0.4) is 0 Å². The predicted molar refractivity (Wildman–Crippen MR) is 107 cm³/mol. The summed E-state index contributed by atoms with van der Waals surface area (Å²) < 4.78 is 0. The Labute approximate surface area is 162 Å². The highest BCUT2D eigenvalue weighted by Gasteiger charge is 2.39. The Morgan fingerprint density at radius 2 is 1.81 bits per heavy atom. The molecule has 1 atom stereocenters. The van der Waals surface area contributed by atoms with E-state index in [1.165, 1.54) is 24.8 Å². The van der Waals surface area contributed by atoms with Gasteiger partial charge in [-0.1, -0.05) is 49.1 Å². The van der Waals surface area contributed by atoms with Gasteiger partial charge in [-0.05, 0) is 45.1 Å². The van der Waals surface area contributed by atoms with Gasteiger partial charge in [0.2, 0.25) is 5.91 Å². The Morgan fingerprint density at radius 3 is 2.52 bits per heavy atom. The van der Waals surface area contributed by atoms with Crippen LogP contribution in [0.15, 0.2) is 24.3 Å². The Morgan fingerprint density at radius 1 is 1.11 bits per heavy atom. The highest BCUT2D eigenvalue weighted by molar-refractivity contribution is 5.84. The van der Waals surface area contributed by atoms with Crippen molar-refractivity contribution in [2.45, 2.75) is 71.4 Å². The maximum absolute atomic E-state index is 12.8. The zero-order valence-corrected chi connectivity index (χ0v) is 16.7. The van der Waals surface area contributed by atoms with Gasteiger partial charge in [0.15, 0.2) is 0 Å². The number of hydrogen-bond donors (Lipinski definition) is 2. The number of rotatable bonds is 4. The van der Waals surface area contributed by atoms with Crippen LogP contribution in [0.1, 0.15) is 63.0 Å². The molecule has 0 spiro atoms. The Hall–Kier alpha value is -2.04. The summed E-state index contributed by atoms with van der Waals surface area (Å²) in [6.07, 6.45) is 7.51. The fourth-order valence-corrected chi connectivity index (χ4v) is 4.21. The van der Waals surface area contributed by atoms with Gasteiger partial charge in [-0.2, -0.15) is 0 Å². The molecule has 148 valence electrons. The SMILES string of the molecule is Cc1ccc(CNC(=O)C2(C)CCCN(C(=O)NC3CCCCC3)C2)cc1. The first-order chi connectivity index (χ1) is 13.0. The number of aryl methyl sites for hydroxylation is 1. The van der Waals surface area contributed by atoms with Crippen LogP contribution in [0, 0.1) is 12.3 Å². The van der Waals surface area contributed by atoms with Gasteiger partial charge in [-0.25, -0.2) is 4.79 Å². The lowest BCUT2D eigenvalue weighted by atomic mass is 9.81. The molecule has 1 aliphatic heterocycles. The van der Waals surface area contributed by atoms with Crippen molar-refractivity contribution in [1.82, 2.24) is 15.5 Å². The molecule has 2 aliphatic rings. The lowest BCUT2D eigenvalue weighted by molar-refractivity contribution is -0.132. The zero-order valence-electron chi connectivity index (χ0n) is 16.7. The Balaban J connectivity index is 1.53. The van der Waals surface area contributed by atoms with Gasteiger partial charge in [-0.3, -0.25) is 4.79 Å². The molecular weight excluding hydrogens is 338 g/mol. The standard InChI is InChI=1S/C22H33N3O2/c1-17-9-11-18(12-10-17)15-23-20(26)22(2)13-6-14-25(16-22)21(27)24-19-7-4-3-5-8-19/h9-12,19H,3-8,13-16H2,1-2H3,(H,23,26)(H,24,27). The topological polar surface area (TPSA) is 61.4 Å². The van der Waals surface area contributed by atoms with E-state index in [2.05, 4.69) is 29.7 Å². The van der Waals surface area contributed by atoms with E-state index in [4.69, 9.17) is 0 Å². The van der Waals surface area contributed by atoms with Crippen LogP contribution in [-0.2, 0) is 11.3 Å². The van der Waals surface area contributed by atoms with Crippen LogP contribution in [0.5, 0.6) is 0 Å². The van der Waals surface area contributed by atoms with Gasteiger partial charge in [0.05, 0.1) is 5.41 Å². The summed E-state index contributed by atoms with van der Waals surface area (Å²) in [5.41, 5.74) is 1.79. The number of piperidine rings is 1. The molecule has 3 rings (SSSR count). The van der Waals surface area contributed by atoms with Crippen molar-refractivity contribution in [2.75, 3.05) is 13.1 Å². The maximum Gasteiger partial charge on any atom is 0.317 e. The average Bonchev–Trinajstić information content (AvgIpc) is 2.68. The van der Waals surface area contributed by atoms with Crippen LogP contribution < -0.4 is 10.6 Å². The van der Waals surface area contributed by atoms with Gasteiger partial charge in [-0.15, -0.1) is 0 Å². The molecule has 1 heterocycles. The van der Waals surface area contributed by atoms with Gasteiger partial charge in [0, 0.05) is 25.7 Å². The van der Waals surface area contributed by atoms with E-state index < -0.39 is 5.41 Å². The molecule has 1 aromatic rings. The smallest absolute Gasteiger partial charge is 0.317 e. The van der Waals surface area contributed by atoms with E-state index in [0.29, 0.717) is 19.1 Å². The number of carbonyl (C=O) groups excluding carboxylic acids is 2. The highest BCUT2D eigenvalue weighted by atomic mass is 16.2. The highest BCUT2D eigenvalue weighted by Crippen LogP contribution is 2.30. The van der Waals surface area contributed by atoms with Crippen molar-refractivity contribution in [1.29, 1.82) is 0 Å². The largest absolute Gasteiger partial charge is 0.351 e. The number of likely N-dealkylation sites (tertiary alicyclic amines) is 1. The lowest BCUT2D eigenvalue weighted by Gasteiger charge is -2.40. The first-order valence-electron chi connectivity index (χ1n) is 10.4. The minimum atomic E-state index is -0.521. The third kappa shape index (κ3) is 5.24. The van der Waals surface area contributed by atoms with Crippen molar-refractivity contribution in [3.8, 4) is 0 Å². The third-order valence-corrected chi connectivity index (χ3v) is 6.04. The number of carbonyl (C=O) groups is 2. The van der Waals surface area contributed by atoms with Crippen molar-refractivity contribution in [3.05, 3.63) is 35.4 Å². The molecule has 1 aliphatic carbocycles. The Kier molecular flexibility index (Phi) is 6.40. The monoisotopic (exact) mass is 371 g/mol. The van der Waals surface area contributed by atoms with Crippen molar-refractivity contribution >= 4 is 11.9 Å². The number of nitrogens with one attached hydrogen (secondary N) is 2. The van der Waals surface area contributed by atoms with E-state index in [1.807, 2.05) is 24.0 Å². The molecular formula is C22H33N3O2. The Bertz CT molecular complexity index is 652. The summed E-state index contributed by atoms with van der Waals surface area (Å²) in [4.78, 5) is 27.4. The molecule has 2 fully saturated rings. The molecule has 27 heavy (non-hydrogen) atoms. The molecule has 1 saturated carbocycles. The molecule has 1 saturated heterocycles. The predicted octanol–water partition coefficient (Wildman–Crippen LogP) is 3.76. The van der Waals surface area contributed by atoms with Crippen LogP contribution in [0.2, 0.25) is 0 Å². The summed E-state index contributed by atoms with van der Waals surface area (Å²) in [5.74, 6) is 0.0400. The van der Waals surface area contributed by atoms with E-state index in [-0.39, 0.29) is 11.9 Å². The van der Waals surface area contributed by atoms with Crippen LogP contribution in [-0.4, -0.2) is 36.0 Å². The number of amides is 3. The summed E-state index contributed by atoms with van der Waals surface area (Å²) in [6.45, 7) is 5.80. The number of nitrogens with zero attached hydrogens (tertiary/aromatic N) is 1. The fraction of sp³-hybridized carbons (Fsp3) is 0.636. The first kappa shape index (κ1) is 19.7. The molecule has 0 radical (unpaired) electrons. The molecule has 0 bridgehead atoms. The first-order valence-corrected chi connectivity index (χ1v) is 10.4. The van der Waals surface area contributed by atoms with Gasteiger partial charge < -0.3 is 15.5 Å². The average molecular weight is 372 g/mol. The molecule has 1 unspecified atom stereocenters. The number of hydrogen-bond acceptors (Lipinski definition) is 2. The summed E-state index contributed by atoms with van der Waals surface area (Å²) >= 11 is 0. The molecule has 5 heteroatoms. The van der Waals surface area contributed by atoms with Crippen LogP contribution >= 0.6 is 0 Å². The van der Waals surface area contributed by atoms with Gasteiger partial charge in [0.1, 0.15) is 0 Å². The number of benzene rings is 1. The molecule has 5 nitrogen and oxygen atoms in total. The molecule has 0 aromatic heterocycles. The summed E-state index contributed by atoms with van der Waals surface area (Å²) in [6, 6.07) is 8.50. The van der Waals surface area contributed by atoms with Gasteiger partial charge >= 0.3 is 6.03 Å². The zero-order chi connectivity index (χ0) is 19.3. The van der Waals surface area contributed by atoms with Gasteiger partial charge in [0.25, 0.3) is 0 Å². The molecule has 1 aromatic carbocycles. The maximum atomic E-state index is 12.8. The second-order valence-corrected chi connectivity index (χ2v) is 8.54. The van der Waals surface area contributed by atoms with E-state index >= 15 is 0 Å². The molecule has 3 amide bonds. The molecule has 2 N–H and O–H groups in total. The van der Waals surface area contributed by atoms with E-state index in [0.717, 1.165) is 37.8 Å². The lowest BCUT2D eigenvalue weighted by Crippen LogP contribution is -2.55.